The summed E-state index contributed by atoms with van der Waals surface area (Å²) in [4.78, 5) is 4.05. The maximum absolute atomic E-state index is 11.1. The summed E-state index contributed by atoms with van der Waals surface area (Å²) in [6.07, 6.45) is 3.50. The van der Waals surface area contributed by atoms with Gasteiger partial charge in [0, 0.05) is 6.54 Å². The molecule has 6 nitrogen and oxygen atoms in total. The van der Waals surface area contributed by atoms with E-state index in [1.165, 1.54) is 0 Å². The number of benzene rings is 1. The number of ether oxygens (including phenoxy) is 1. The van der Waals surface area contributed by atoms with Gasteiger partial charge in [0.15, 0.2) is 0 Å². The van der Waals surface area contributed by atoms with Crippen LogP contribution in [-0.2, 0) is 16.4 Å². The lowest BCUT2D eigenvalue weighted by Crippen LogP contribution is -2.11. The molecule has 22 heavy (non-hydrogen) atoms. The summed E-state index contributed by atoms with van der Waals surface area (Å²) in [7, 11) is -1.64. The quantitative estimate of drug-likeness (QED) is 0.816. The first-order valence-electron chi connectivity index (χ1n) is 6.77. The van der Waals surface area contributed by atoms with E-state index in [1.54, 1.807) is 25.4 Å². The fourth-order valence-electron chi connectivity index (χ4n) is 2.00. The minimum Gasteiger partial charge on any atom is -0.496 e. The Morgan fingerprint density at radius 1 is 1.18 bits per heavy atom. The Balaban J connectivity index is 1.89. The highest BCUT2D eigenvalue weighted by molar-refractivity contribution is 7.92. The van der Waals surface area contributed by atoms with Crippen LogP contribution < -0.4 is 14.8 Å². The number of nitrogens with one attached hydrogen (secondary N) is 2. The summed E-state index contributed by atoms with van der Waals surface area (Å²) in [6.45, 7) is 0.723. The molecule has 0 unspecified atom stereocenters. The van der Waals surface area contributed by atoms with Crippen molar-refractivity contribution in [3.8, 4) is 5.75 Å². The van der Waals surface area contributed by atoms with Crippen molar-refractivity contribution in [1.82, 2.24) is 4.98 Å². The van der Waals surface area contributed by atoms with Crippen LogP contribution >= 0.6 is 0 Å². The first kappa shape index (κ1) is 16.1. The molecule has 2 N–H and O–H groups in total. The van der Waals surface area contributed by atoms with Gasteiger partial charge < -0.3 is 10.1 Å². The first-order chi connectivity index (χ1) is 10.5. The van der Waals surface area contributed by atoms with Crippen LogP contribution in [0.3, 0.4) is 0 Å². The number of anilines is 2. The molecule has 0 saturated heterocycles. The molecule has 0 aliphatic rings. The van der Waals surface area contributed by atoms with E-state index in [0.29, 0.717) is 5.82 Å². The van der Waals surface area contributed by atoms with Gasteiger partial charge in [-0.3, -0.25) is 4.72 Å². The van der Waals surface area contributed by atoms with Gasteiger partial charge in [-0.2, -0.15) is 0 Å². The monoisotopic (exact) mass is 321 g/mol. The standard InChI is InChI=1S/C15H19N3O3S/c1-21-14-6-4-3-5-12(14)9-10-16-13-7-8-15(17-11-13)18-22(2,19)20/h3-8,11,16H,9-10H2,1-2H3,(H,17,18). The SMILES string of the molecule is COc1ccccc1CCNc1ccc(NS(C)(=O)=O)nc1. The van der Waals surface area contributed by atoms with E-state index in [4.69, 9.17) is 4.74 Å². The number of nitrogens with zero attached hydrogens (tertiary/aromatic N) is 1. The van der Waals surface area contributed by atoms with Crippen LogP contribution in [0, 0.1) is 0 Å². The Hall–Kier alpha value is -2.28. The molecule has 7 heteroatoms. The molecule has 0 atom stereocenters. The number of methoxy groups -OCH3 is 1. The van der Waals surface area contributed by atoms with E-state index < -0.39 is 10.0 Å². The molecule has 0 aliphatic carbocycles. The molecule has 1 aromatic carbocycles. The first-order valence-corrected chi connectivity index (χ1v) is 8.67. The Kier molecular flexibility index (Phi) is 5.21. The van der Waals surface area contributed by atoms with E-state index in [-0.39, 0.29) is 0 Å². The molecule has 0 bridgehead atoms. The van der Waals surface area contributed by atoms with Gasteiger partial charge in [0.1, 0.15) is 11.6 Å². The maximum Gasteiger partial charge on any atom is 0.230 e. The third-order valence-corrected chi connectivity index (χ3v) is 3.55. The van der Waals surface area contributed by atoms with Gasteiger partial charge in [0.25, 0.3) is 0 Å². The number of pyridine rings is 1. The molecule has 2 rings (SSSR count). The molecule has 0 saturated carbocycles. The number of sulfonamides is 1. The zero-order valence-corrected chi connectivity index (χ0v) is 13.4. The van der Waals surface area contributed by atoms with E-state index in [2.05, 4.69) is 15.0 Å². The summed E-state index contributed by atoms with van der Waals surface area (Å²) in [6, 6.07) is 11.3. The highest BCUT2D eigenvalue weighted by atomic mass is 32.2. The average Bonchev–Trinajstić information content (AvgIpc) is 2.48. The Morgan fingerprint density at radius 2 is 1.95 bits per heavy atom. The predicted octanol–water partition coefficient (Wildman–Crippen LogP) is 2.12. The second-order valence-corrected chi connectivity index (χ2v) is 6.54. The molecular weight excluding hydrogens is 302 g/mol. The molecular formula is C15H19N3O3S. The van der Waals surface area contributed by atoms with Crippen LogP contribution in [0.5, 0.6) is 5.75 Å². The van der Waals surface area contributed by atoms with Crippen molar-refractivity contribution < 1.29 is 13.2 Å². The van der Waals surface area contributed by atoms with E-state index in [1.807, 2.05) is 24.3 Å². The molecule has 0 fully saturated rings. The number of para-hydroxylation sites is 1. The molecule has 2 aromatic rings. The van der Waals surface area contributed by atoms with Crippen molar-refractivity contribution in [1.29, 1.82) is 0 Å². The van der Waals surface area contributed by atoms with Crippen molar-refractivity contribution in [2.75, 3.05) is 29.9 Å². The van der Waals surface area contributed by atoms with Crippen molar-refractivity contribution in [2.24, 2.45) is 0 Å². The molecule has 1 aromatic heterocycles. The zero-order valence-electron chi connectivity index (χ0n) is 12.5. The van der Waals surface area contributed by atoms with E-state index in [0.717, 1.165) is 36.2 Å². The molecule has 0 aliphatic heterocycles. The number of hydrogen-bond donors (Lipinski definition) is 2. The van der Waals surface area contributed by atoms with Gasteiger partial charge in [-0.1, -0.05) is 18.2 Å². The van der Waals surface area contributed by atoms with Crippen LogP contribution in [0.4, 0.5) is 11.5 Å². The van der Waals surface area contributed by atoms with Crippen molar-refractivity contribution in [3.63, 3.8) is 0 Å². The van der Waals surface area contributed by atoms with Gasteiger partial charge in [-0.25, -0.2) is 13.4 Å². The lowest BCUT2D eigenvalue weighted by Gasteiger charge is -2.10. The minimum absolute atomic E-state index is 0.303. The number of aromatic nitrogens is 1. The zero-order chi connectivity index (χ0) is 16.0. The summed E-state index contributed by atoms with van der Waals surface area (Å²) >= 11 is 0. The van der Waals surface area contributed by atoms with Crippen LogP contribution in [0.1, 0.15) is 5.56 Å². The van der Waals surface area contributed by atoms with Crippen LogP contribution in [-0.4, -0.2) is 33.3 Å². The topological polar surface area (TPSA) is 80.3 Å². The fraction of sp³-hybridized carbons (Fsp3) is 0.267. The number of hydrogen-bond acceptors (Lipinski definition) is 5. The summed E-state index contributed by atoms with van der Waals surface area (Å²) in [5, 5.41) is 3.24. The van der Waals surface area contributed by atoms with Crippen molar-refractivity contribution in [3.05, 3.63) is 48.2 Å². The van der Waals surface area contributed by atoms with Gasteiger partial charge >= 0.3 is 0 Å². The van der Waals surface area contributed by atoms with Crippen molar-refractivity contribution in [2.45, 2.75) is 6.42 Å². The fourth-order valence-corrected chi connectivity index (χ4v) is 2.50. The van der Waals surface area contributed by atoms with Crippen LogP contribution in [0.15, 0.2) is 42.6 Å². The maximum atomic E-state index is 11.1. The summed E-state index contributed by atoms with van der Waals surface area (Å²) in [5.41, 5.74) is 1.95. The molecule has 0 spiro atoms. The second kappa shape index (κ2) is 7.13. The Morgan fingerprint density at radius 3 is 2.59 bits per heavy atom. The van der Waals surface area contributed by atoms with Crippen LogP contribution in [0.2, 0.25) is 0 Å². The van der Waals surface area contributed by atoms with Gasteiger partial charge in [0.05, 0.1) is 25.2 Å². The Bertz CT molecular complexity index is 715. The van der Waals surface area contributed by atoms with Gasteiger partial charge in [-0.05, 0) is 30.2 Å². The molecule has 0 radical (unpaired) electrons. The highest BCUT2D eigenvalue weighted by Gasteiger charge is 2.03. The Labute approximate surface area is 130 Å². The third kappa shape index (κ3) is 4.92. The number of rotatable bonds is 7. The van der Waals surface area contributed by atoms with Crippen LogP contribution in [0.25, 0.3) is 0 Å². The molecule has 118 valence electrons. The van der Waals surface area contributed by atoms with Gasteiger partial charge in [-0.15, -0.1) is 0 Å². The minimum atomic E-state index is -3.30. The summed E-state index contributed by atoms with van der Waals surface area (Å²) in [5.74, 6) is 1.17. The van der Waals surface area contributed by atoms with E-state index in [9.17, 15) is 8.42 Å². The lowest BCUT2D eigenvalue weighted by atomic mass is 10.1. The third-order valence-electron chi connectivity index (χ3n) is 2.97. The lowest BCUT2D eigenvalue weighted by molar-refractivity contribution is 0.410. The largest absolute Gasteiger partial charge is 0.496 e. The second-order valence-electron chi connectivity index (χ2n) is 4.79. The average molecular weight is 321 g/mol. The van der Waals surface area contributed by atoms with E-state index >= 15 is 0 Å². The normalized spacial score (nSPS) is 11.0. The van der Waals surface area contributed by atoms with Gasteiger partial charge in [0.2, 0.25) is 10.0 Å². The smallest absolute Gasteiger partial charge is 0.230 e. The predicted molar refractivity (Wildman–Crippen MR) is 87.9 cm³/mol. The molecule has 1 heterocycles. The highest BCUT2D eigenvalue weighted by Crippen LogP contribution is 2.18. The summed E-state index contributed by atoms with van der Waals surface area (Å²) < 4.78 is 29.8. The van der Waals surface area contributed by atoms with Crippen molar-refractivity contribution >= 4 is 21.5 Å². The molecule has 0 amide bonds.